The lowest BCUT2D eigenvalue weighted by molar-refractivity contribution is 0.261. The highest BCUT2D eigenvalue weighted by molar-refractivity contribution is 5.18. The average Bonchev–Trinajstić information content (AvgIpc) is 2.93. The van der Waals surface area contributed by atoms with Gasteiger partial charge in [-0.05, 0) is 24.9 Å². The molecule has 0 spiro atoms. The molecule has 2 aromatic rings. The first kappa shape index (κ1) is 11.9. The number of anilines is 1. The highest BCUT2D eigenvalue weighted by Crippen LogP contribution is 2.35. The summed E-state index contributed by atoms with van der Waals surface area (Å²) in [6, 6.07) is 0.431. The second-order valence-electron chi connectivity index (χ2n) is 4.50. The van der Waals surface area contributed by atoms with Crippen molar-refractivity contribution in [3.8, 4) is 5.88 Å². The van der Waals surface area contributed by atoms with Crippen LogP contribution in [0.5, 0.6) is 5.88 Å². The zero-order valence-corrected chi connectivity index (χ0v) is 10.6. The Morgan fingerprint density at radius 3 is 2.89 bits per heavy atom. The van der Waals surface area contributed by atoms with Crippen LogP contribution in [0.25, 0.3) is 0 Å². The third-order valence-electron chi connectivity index (χ3n) is 3.12. The van der Waals surface area contributed by atoms with E-state index in [1.165, 1.54) is 6.42 Å². The molecule has 1 aliphatic carbocycles. The summed E-state index contributed by atoms with van der Waals surface area (Å²) in [6.45, 7) is 2.72. The molecule has 0 aromatic carbocycles. The summed E-state index contributed by atoms with van der Waals surface area (Å²) in [5.74, 6) is 1.58. The molecule has 102 valence electrons. The molecule has 19 heavy (non-hydrogen) atoms. The fourth-order valence-corrected chi connectivity index (χ4v) is 1.79. The van der Waals surface area contributed by atoms with E-state index in [4.69, 9.17) is 9.15 Å². The van der Waals surface area contributed by atoms with Gasteiger partial charge >= 0.3 is 6.01 Å². The monoisotopic (exact) mass is 265 g/mol. The molecule has 2 aromatic heterocycles. The third kappa shape index (κ3) is 2.67. The number of aromatic nitrogens is 4. The number of hydrogen-bond acceptors (Lipinski definition) is 8. The zero-order valence-electron chi connectivity index (χ0n) is 10.6. The van der Waals surface area contributed by atoms with E-state index >= 15 is 0 Å². The van der Waals surface area contributed by atoms with Crippen LogP contribution in [0.4, 0.5) is 6.01 Å². The first-order chi connectivity index (χ1) is 9.33. The van der Waals surface area contributed by atoms with Gasteiger partial charge in [0, 0.05) is 5.92 Å². The van der Waals surface area contributed by atoms with Crippen LogP contribution in [-0.4, -0.2) is 33.7 Å². The van der Waals surface area contributed by atoms with E-state index in [-0.39, 0.29) is 0 Å². The van der Waals surface area contributed by atoms with E-state index in [1.807, 2.05) is 0 Å². The zero-order chi connectivity index (χ0) is 13.1. The molecule has 0 aliphatic heterocycles. The van der Waals surface area contributed by atoms with Gasteiger partial charge in [-0.3, -0.25) is 0 Å². The van der Waals surface area contributed by atoms with E-state index in [0.29, 0.717) is 36.7 Å². The number of aryl methyl sites for hydroxylation is 1. The highest BCUT2D eigenvalue weighted by Gasteiger charge is 2.25. The predicted molar refractivity (Wildman–Crippen MR) is 63.9 cm³/mol. The maximum absolute atomic E-state index is 5.51. The Labute approximate surface area is 109 Å². The topological polar surface area (TPSA) is 99.1 Å². The van der Waals surface area contributed by atoms with Crippen LogP contribution in [0.3, 0.4) is 0 Å². The Kier molecular flexibility index (Phi) is 3.30. The van der Waals surface area contributed by atoms with E-state index in [2.05, 4.69) is 30.5 Å². The van der Waals surface area contributed by atoms with E-state index in [9.17, 15) is 0 Å². The van der Waals surface area contributed by atoms with Crippen LogP contribution in [0.2, 0.25) is 0 Å². The molecule has 1 saturated carbocycles. The van der Waals surface area contributed by atoms with Crippen molar-refractivity contribution in [3.63, 3.8) is 0 Å². The van der Waals surface area contributed by atoms with Crippen LogP contribution in [0.1, 0.15) is 36.8 Å². The molecule has 8 nitrogen and oxygen atoms in total. The molecule has 0 amide bonds. The minimum atomic E-state index is 0.405. The van der Waals surface area contributed by atoms with Gasteiger partial charge < -0.3 is 14.5 Å². The van der Waals surface area contributed by atoms with Crippen LogP contribution in [0.15, 0.2) is 9.05 Å². The second-order valence-corrected chi connectivity index (χ2v) is 4.50. The molecule has 2 heterocycles. The lowest BCUT2D eigenvalue weighted by atomic mass is 9.85. The summed E-state index contributed by atoms with van der Waals surface area (Å²) in [5, 5.41) is 18.2. The van der Waals surface area contributed by atoms with E-state index in [1.54, 1.807) is 6.92 Å². The summed E-state index contributed by atoms with van der Waals surface area (Å²) < 4.78 is 15.4. The maximum atomic E-state index is 5.51. The molecular formula is C11H15N5O3. The van der Waals surface area contributed by atoms with Crippen molar-refractivity contribution in [2.24, 2.45) is 0 Å². The van der Waals surface area contributed by atoms with Gasteiger partial charge in [-0.1, -0.05) is 16.7 Å². The fourth-order valence-electron chi connectivity index (χ4n) is 1.79. The summed E-state index contributed by atoms with van der Waals surface area (Å²) in [6.07, 6.45) is 3.53. The average molecular weight is 265 g/mol. The molecule has 0 unspecified atom stereocenters. The Morgan fingerprint density at radius 1 is 1.32 bits per heavy atom. The quantitative estimate of drug-likeness (QED) is 0.785. The molecule has 1 aliphatic rings. The first-order valence-corrected chi connectivity index (χ1v) is 6.32. The molecule has 1 N–H and O–H groups in total. The van der Waals surface area contributed by atoms with Gasteiger partial charge in [0.15, 0.2) is 0 Å². The molecule has 0 atom stereocenters. The lowest BCUT2D eigenvalue weighted by Gasteiger charge is -2.20. The minimum Gasteiger partial charge on any atom is -0.472 e. The summed E-state index contributed by atoms with van der Waals surface area (Å²) in [5.41, 5.74) is 0.630. The van der Waals surface area contributed by atoms with Gasteiger partial charge in [-0.15, -0.1) is 5.10 Å². The van der Waals surface area contributed by atoms with Crippen molar-refractivity contribution in [1.29, 1.82) is 0 Å². The number of ether oxygens (including phenoxy) is 1. The molecule has 0 bridgehead atoms. The van der Waals surface area contributed by atoms with Crippen molar-refractivity contribution in [1.82, 2.24) is 20.5 Å². The number of nitrogens with one attached hydrogen (secondary N) is 1. The normalized spacial score (nSPS) is 15.2. The fraction of sp³-hybridized carbons (Fsp3) is 0.636. The largest absolute Gasteiger partial charge is 0.472 e. The van der Waals surface area contributed by atoms with E-state index in [0.717, 1.165) is 18.7 Å². The molecule has 1 fully saturated rings. The van der Waals surface area contributed by atoms with Gasteiger partial charge in [0.2, 0.25) is 5.89 Å². The van der Waals surface area contributed by atoms with Crippen molar-refractivity contribution in [2.75, 3.05) is 18.5 Å². The van der Waals surface area contributed by atoms with Crippen molar-refractivity contribution >= 4 is 6.01 Å². The van der Waals surface area contributed by atoms with Crippen LogP contribution >= 0.6 is 0 Å². The van der Waals surface area contributed by atoms with Crippen molar-refractivity contribution < 1.29 is 13.8 Å². The number of rotatable bonds is 6. The van der Waals surface area contributed by atoms with E-state index < -0.39 is 0 Å². The Bertz CT molecular complexity index is 534. The summed E-state index contributed by atoms with van der Waals surface area (Å²) >= 11 is 0. The van der Waals surface area contributed by atoms with Crippen LogP contribution in [0, 0.1) is 6.92 Å². The van der Waals surface area contributed by atoms with Crippen molar-refractivity contribution in [2.45, 2.75) is 32.1 Å². The number of hydrogen-bond donors (Lipinski definition) is 1. The van der Waals surface area contributed by atoms with Gasteiger partial charge in [-0.2, -0.15) is 0 Å². The Balaban J connectivity index is 1.42. The van der Waals surface area contributed by atoms with Crippen molar-refractivity contribution in [3.05, 3.63) is 11.6 Å². The van der Waals surface area contributed by atoms with Gasteiger partial charge in [0.25, 0.3) is 5.88 Å². The highest BCUT2D eigenvalue weighted by atomic mass is 16.6. The Hall–Kier alpha value is -2.12. The predicted octanol–water partition coefficient (Wildman–Crippen LogP) is 1.52. The SMILES string of the molecule is Cc1nonc1OCCNc1nnc(C2CCC2)o1. The van der Waals surface area contributed by atoms with Gasteiger partial charge in [0.05, 0.1) is 6.54 Å². The first-order valence-electron chi connectivity index (χ1n) is 6.32. The standard InChI is InChI=1S/C11H15N5O3/c1-7-9(16-19-15-7)17-6-5-12-11-14-13-10(18-11)8-3-2-4-8/h8H,2-6H2,1H3,(H,12,14). The molecule has 3 rings (SSSR count). The number of nitrogens with zero attached hydrogens (tertiary/aromatic N) is 4. The van der Waals surface area contributed by atoms with Crippen LogP contribution < -0.4 is 10.1 Å². The molecule has 0 radical (unpaired) electrons. The molecule has 8 heteroatoms. The summed E-state index contributed by atoms with van der Waals surface area (Å²) in [7, 11) is 0. The molecule has 0 saturated heterocycles. The van der Waals surface area contributed by atoms with Gasteiger partial charge in [0.1, 0.15) is 12.3 Å². The summed E-state index contributed by atoms with van der Waals surface area (Å²) in [4.78, 5) is 0. The third-order valence-corrected chi connectivity index (χ3v) is 3.12. The van der Waals surface area contributed by atoms with Crippen LogP contribution in [-0.2, 0) is 0 Å². The Morgan fingerprint density at radius 2 is 2.21 bits per heavy atom. The second kappa shape index (κ2) is 5.25. The maximum Gasteiger partial charge on any atom is 0.315 e. The lowest BCUT2D eigenvalue weighted by Crippen LogP contribution is -2.12. The molecular weight excluding hydrogens is 250 g/mol. The smallest absolute Gasteiger partial charge is 0.315 e. The minimum absolute atomic E-state index is 0.405. The van der Waals surface area contributed by atoms with Gasteiger partial charge in [-0.25, -0.2) is 4.63 Å².